The van der Waals surface area contributed by atoms with Crippen molar-refractivity contribution in [2.24, 2.45) is 11.8 Å². The van der Waals surface area contributed by atoms with Crippen LogP contribution in [-0.2, 0) is 4.74 Å². The summed E-state index contributed by atoms with van der Waals surface area (Å²) >= 11 is 0. The topological polar surface area (TPSA) is 24.5 Å². The summed E-state index contributed by atoms with van der Waals surface area (Å²) in [4.78, 5) is 2.63. The summed E-state index contributed by atoms with van der Waals surface area (Å²) in [7, 11) is 0. The van der Waals surface area contributed by atoms with Gasteiger partial charge in [0.05, 0.1) is 11.7 Å². The van der Waals surface area contributed by atoms with Gasteiger partial charge in [-0.3, -0.25) is 0 Å². The molecule has 92 valence electrons. The predicted molar refractivity (Wildman–Crippen MR) is 64.5 cm³/mol. The van der Waals surface area contributed by atoms with Crippen LogP contribution in [-0.4, -0.2) is 49.3 Å². The molecule has 0 spiro atoms. The zero-order valence-electron chi connectivity index (χ0n) is 10.5. The first-order chi connectivity index (χ1) is 7.62. The van der Waals surface area contributed by atoms with Crippen molar-refractivity contribution < 1.29 is 4.74 Å². The van der Waals surface area contributed by atoms with Gasteiger partial charge in [0.15, 0.2) is 0 Å². The lowest BCUT2D eigenvalue weighted by Crippen LogP contribution is -2.34. The van der Waals surface area contributed by atoms with Crippen molar-refractivity contribution in [1.82, 2.24) is 10.2 Å². The van der Waals surface area contributed by atoms with E-state index in [-0.39, 0.29) is 5.60 Å². The van der Waals surface area contributed by atoms with Gasteiger partial charge in [-0.25, -0.2) is 0 Å². The Kier molecular flexibility index (Phi) is 2.73. The van der Waals surface area contributed by atoms with Gasteiger partial charge >= 0.3 is 0 Å². The average Bonchev–Trinajstić information content (AvgIpc) is 2.80. The molecule has 16 heavy (non-hydrogen) atoms. The van der Waals surface area contributed by atoms with Crippen LogP contribution in [0.3, 0.4) is 0 Å². The van der Waals surface area contributed by atoms with E-state index >= 15 is 0 Å². The Balaban J connectivity index is 1.50. The van der Waals surface area contributed by atoms with E-state index in [1.807, 2.05) is 0 Å². The standard InChI is InChI=1S/C13H24N2O/c1-13(2)4-3-12(16-13)9-15-7-10-5-14-6-11(10)8-15/h10-12,14H,3-9H2,1-2H3. The minimum absolute atomic E-state index is 0.127. The molecule has 0 saturated carbocycles. The van der Waals surface area contributed by atoms with Gasteiger partial charge in [0.2, 0.25) is 0 Å². The highest BCUT2D eigenvalue weighted by Gasteiger charge is 2.39. The lowest BCUT2D eigenvalue weighted by molar-refractivity contribution is -0.0269. The second kappa shape index (κ2) is 3.97. The summed E-state index contributed by atoms with van der Waals surface area (Å²) in [6, 6.07) is 0. The Morgan fingerprint density at radius 2 is 1.94 bits per heavy atom. The SMILES string of the molecule is CC1(C)CCC(CN2CC3CNCC3C2)O1. The largest absolute Gasteiger partial charge is 0.371 e. The van der Waals surface area contributed by atoms with E-state index in [0.717, 1.165) is 18.4 Å². The van der Waals surface area contributed by atoms with Crippen LogP contribution in [0, 0.1) is 11.8 Å². The maximum Gasteiger partial charge on any atom is 0.0710 e. The Hall–Kier alpha value is -0.120. The van der Waals surface area contributed by atoms with Crippen molar-refractivity contribution in [2.75, 3.05) is 32.7 Å². The zero-order valence-corrected chi connectivity index (χ0v) is 10.5. The molecular weight excluding hydrogens is 200 g/mol. The molecule has 3 atom stereocenters. The molecule has 0 bridgehead atoms. The Morgan fingerprint density at radius 1 is 1.25 bits per heavy atom. The Morgan fingerprint density at radius 3 is 2.50 bits per heavy atom. The van der Waals surface area contributed by atoms with Crippen molar-refractivity contribution in [2.45, 2.75) is 38.4 Å². The lowest BCUT2D eigenvalue weighted by atomic mass is 10.0. The number of hydrogen-bond donors (Lipinski definition) is 1. The minimum atomic E-state index is 0.127. The molecule has 0 aromatic heterocycles. The first kappa shape index (κ1) is 11.0. The number of likely N-dealkylation sites (tertiary alicyclic amines) is 1. The normalized spacial score (nSPS) is 42.8. The van der Waals surface area contributed by atoms with Gasteiger partial charge in [-0.1, -0.05) is 0 Å². The molecule has 0 aromatic carbocycles. The second-order valence-electron chi connectivity index (χ2n) is 6.44. The van der Waals surface area contributed by atoms with Crippen LogP contribution in [0.1, 0.15) is 26.7 Å². The zero-order chi connectivity index (χ0) is 11.2. The van der Waals surface area contributed by atoms with Crippen LogP contribution in [0.2, 0.25) is 0 Å². The summed E-state index contributed by atoms with van der Waals surface area (Å²) < 4.78 is 6.08. The summed E-state index contributed by atoms with van der Waals surface area (Å²) in [6.45, 7) is 10.6. The summed E-state index contributed by atoms with van der Waals surface area (Å²) in [5.41, 5.74) is 0.127. The highest BCUT2D eigenvalue weighted by Crippen LogP contribution is 2.32. The molecule has 3 aliphatic rings. The quantitative estimate of drug-likeness (QED) is 0.760. The Labute approximate surface area is 98.5 Å². The number of fused-ring (bicyclic) bond motifs is 1. The molecule has 3 unspecified atom stereocenters. The number of rotatable bonds is 2. The van der Waals surface area contributed by atoms with Crippen molar-refractivity contribution in [3.8, 4) is 0 Å². The maximum atomic E-state index is 6.08. The fraction of sp³-hybridized carbons (Fsp3) is 1.00. The van der Waals surface area contributed by atoms with Crippen LogP contribution >= 0.6 is 0 Å². The summed E-state index contributed by atoms with van der Waals surface area (Å²) in [5, 5.41) is 3.49. The molecule has 0 aromatic rings. The molecule has 3 fully saturated rings. The average molecular weight is 224 g/mol. The number of nitrogens with one attached hydrogen (secondary N) is 1. The minimum Gasteiger partial charge on any atom is -0.371 e. The van der Waals surface area contributed by atoms with Gasteiger partial charge < -0.3 is 15.0 Å². The van der Waals surface area contributed by atoms with Gasteiger partial charge in [0, 0.05) is 19.6 Å². The third-order valence-corrected chi connectivity index (χ3v) is 4.48. The highest BCUT2D eigenvalue weighted by atomic mass is 16.5. The molecular formula is C13H24N2O. The first-order valence-corrected chi connectivity index (χ1v) is 6.73. The van der Waals surface area contributed by atoms with Gasteiger partial charge in [0.1, 0.15) is 0 Å². The van der Waals surface area contributed by atoms with E-state index in [1.54, 1.807) is 0 Å². The van der Waals surface area contributed by atoms with Crippen LogP contribution in [0.5, 0.6) is 0 Å². The van der Waals surface area contributed by atoms with E-state index in [0.29, 0.717) is 6.10 Å². The Bertz CT molecular complexity index is 255. The summed E-state index contributed by atoms with van der Waals surface area (Å²) in [5.74, 6) is 1.82. The molecule has 3 saturated heterocycles. The number of hydrogen-bond acceptors (Lipinski definition) is 3. The smallest absolute Gasteiger partial charge is 0.0710 e. The van der Waals surface area contributed by atoms with Crippen LogP contribution in [0.25, 0.3) is 0 Å². The van der Waals surface area contributed by atoms with E-state index in [1.165, 1.54) is 39.0 Å². The van der Waals surface area contributed by atoms with E-state index in [4.69, 9.17) is 4.74 Å². The second-order valence-corrected chi connectivity index (χ2v) is 6.44. The molecule has 3 rings (SSSR count). The van der Waals surface area contributed by atoms with Crippen molar-refractivity contribution >= 4 is 0 Å². The fourth-order valence-corrected chi connectivity index (χ4v) is 3.60. The third kappa shape index (κ3) is 2.13. The van der Waals surface area contributed by atoms with Gasteiger partial charge in [-0.2, -0.15) is 0 Å². The van der Waals surface area contributed by atoms with Gasteiger partial charge in [0.25, 0.3) is 0 Å². The van der Waals surface area contributed by atoms with E-state index < -0.39 is 0 Å². The van der Waals surface area contributed by atoms with Crippen molar-refractivity contribution in [1.29, 1.82) is 0 Å². The molecule has 3 nitrogen and oxygen atoms in total. The molecule has 0 amide bonds. The number of ether oxygens (including phenoxy) is 1. The van der Waals surface area contributed by atoms with E-state index in [9.17, 15) is 0 Å². The predicted octanol–water partition coefficient (Wildman–Crippen LogP) is 1.10. The molecule has 3 aliphatic heterocycles. The lowest BCUT2D eigenvalue weighted by Gasteiger charge is -2.24. The van der Waals surface area contributed by atoms with Crippen molar-refractivity contribution in [3.05, 3.63) is 0 Å². The molecule has 1 N–H and O–H groups in total. The van der Waals surface area contributed by atoms with Gasteiger partial charge in [-0.15, -0.1) is 0 Å². The monoisotopic (exact) mass is 224 g/mol. The maximum absolute atomic E-state index is 6.08. The van der Waals surface area contributed by atoms with Crippen LogP contribution < -0.4 is 5.32 Å². The third-order valence-electron chi connectivity index (χ3n) is 4.48. The molecule has 3 heterocycles. The molecule has 0 aliphatic carbocycles. The molecule has 3 heteroatoms. The summed E-state index contributed by atoms with van der Waals surface area (Å²) in [6.07, 6.45) is 2.96. The molecule has 0 radical (unpaired) electrons. The number of nitrogens with zero attached hydrogens (tertiary/aromatic N) is 1. The fourth-order valence-electron chi connectivity index (χ4n) is 3.60. The first-order valence-electron chi connectivity index (χ1n) is 6.73. The van der Waals surface area contributed by atoms with Gasteiger partial charge in [-0.05, 0) is 51.6 Å². The van der Waals surface area contributed by atoms with Crippen LogP contribution in [0.15, 0.2) is 0 Å². The van der Waals surface area contributed by atoms with Crippen molar-refractivity contribution in [3.63, 3.8) is 0 Å². The highest BCUT2D eigenvalue weighted by molar-refractivity contribution is 4.93. The van der Waals surface area contributed by atoms with E-state index in [2.05, 4.69) is 24.1 Å². The van der Waals surface area contributed by atoms with Crippen LogP contribution in [0.4, 0.5) is 0 Å².